The zero-order valence-corrected chi connectivity index (χ0v) is 14.4. The van der Waals surface area contributed by atoms with Crippen LogP contribution in [-0.2, 0) is 4.79 Å². The van der Waals surface area contributed by atoms with Crippen LogP contribution in [0.3, 0.4) is 0 Å². The average Bonchev–Trinajstić information content (AvgIpc) is 2.47. The lowest BCUT2D eigenvalue weighted by molar-refractivity contribution is -0.170. The quantitative estimate of drug-likeness (QED) is 0.841. The van der Waals surface area contributed by atoms with Gasteiger partial charge in [0.1, 0.15) is 11.6 Å². The van der Waals surface area contributed by atoms with Crippen molar-refractivity contribution in [2.24, 2.45) is 10.8 Å². The number of carbonyl (C=O) groups excluding carboxylic acids is 1. The molecule has 0 spiro atoms. The molecule has 3 rings (SSSR count). The Labute approximate surface area is 133 Å². The summed E-state index contributed by atoms with van der Waals surface area (Å²) in [7, 11) is 0. The lowest BCUT2D eigenvalue weighted by Crippen LogP contribution is -2.72. The standard InChI is InChI=1S/C18H27N3O/c1-13-7-6-8-14(19-13)20-9-11-21(12-10-20)15-17(2,3)16(22)18(15,4)5/h6-8,15H,9-12H2,1-5H3. The summed E-state index contributed by atoms with van der Waals surface area (Å²) in [4.78, 5) is 21.8. The number of Topliss-reactive ketones (excluding diaryl/α,β-unsaturated/α-hetero) is 1. The van der Waals surface area contributed by atoms with E-state index < -0.39 is 0 Å². The highest BCUT2D eigenvalue weighted by Gasteiger charge is 2.63. The van der Waals surface area contributed by atoms with Gasteiger partial charge in [-0.2, -0.15) is 0 Å². The topological polar surface area (TPSA) is 36.4 Å². The highest BCUT2D eigenvalue weighted by molar-refractivity contribution is 5.97. The van der Waals surface area contributed by atoms with Gasteiger partial charge in [0.25, 0.3) is 0 Å². The van der Waals surface area contributed by atoms with Crippen LogP contribution in [0.1, 0.15) is 33.4 Å². The molecule has 1 aromatic heterocycles. The average molecular weight is 301 g/mol. The fourth-order valence-electron chi connectivity index (χ4n) is 4.73. The van der Waals surface area contributed by atoms with E-state index in [1.165, 1.54) is 0 Å². The van der Waals surface area contributed by atoms with E-state index in [1.807, 2.05) is 13.0 Å². The van der Waals surface area contributed by atoms with E-state index in [4.69, 9.17) is 0 Å². The van der Waals surface area contributed by atoms with Gasteiger partial charge in [0.2, 0.25) is 0 Å². The number of pyridine rings is 1. The van der Waals surface area contributed by atoms with Gasteiger partial charge in [-0.1, -0.05) is 33.8 Å². The van der Waals surface area contributed by atoms with Crippen LogP contribution in [0, 0.1) is 17.8 Å². The molecule has 4 nitrogen and oxygen atoms in total. The SMILES string of the molecule is Cc1cccc(N2CCN(C3C(C)(C)C(=O)C3(C)C)CC2)n1. The molecule has 1 saturated heterocycles. The molecular weight excluding hydrogens is 274 g/mol. The molecule has 22 heavy (non-hydrogen) atoms. The summed E-state index contributed by atoms with van der Waals surface area (Å²) >= 11 is 0. The van der Waals surface area contributed by atoms with E-state index in [0.29, 0.717) is 11.8 Å². The molecule has 0 atom stereocenters. The third-order valence-corrected chi connectivity index (χ3v) is 5.41. The summed E-state index contributed by atoms with van der Waals surface area (Å²) in [6.45, 7) is 14.4. The van der Waals surface area contributed by atoms with Crippen molar-refractivity contribution in [1.29, 1.82) is 0 Å². The van der Waals surface area contributed by atoms with Gasteiger partial charge < -0.3 is 4.90 Å². The Hall–Kier alpha value is -1.42. The van der Waals surface area contributed by atoms with Crippen LogP contribution in [0.2, 0.25) is 0 Å². The first-order chi connectivity index (χ1) is 10.2. The Morgan fingerprint density at radius 1 is 1.05 bits per heavy atom. The molecule has 0 aromatic carbocycles. The number of hydrogen-bond acceptors (Lipinski definition) is 4. The summed E-state index contributed by atoms with van der Waals surface area (Å²) in [6, 6.07) is 6.54. The summed E-state index contributed by atoms with van der Waals surface area (Å²) < 4.78 is 0. The molecule has 0 N–H and O–H groups in total. The van der Waals surface area contributed by atoms with Crippen LogP contribution in [0.15, 0.2) is 18.2 Å². The predicted octanol–water partition coefficient (Wildman–Crippen LogP) is 2.52. The number of ketones is 1. The summed E-state index contributed by atoms with van der Waals surface area (Å²) in [5, 5.41) is 0. The van der Waals surface area contributed by atoms with Gasteiger partial charge in [0.05, 0.1) is 0 Å². The second-order valence-corrected chi connectivity index (χ2v) is 7.84. The van der Waals surface area contributed by atoms with Gasteiger partial charge in [0.15, 0.2) is 0 Å². The molecule has 0 unspecified atom stereocenters. The summed E-state index contributed by atoms with van der Waals surface area (Å²) in [5.74, 6) is 1.47. The Morgan fingerprint density at radius 2 is 1.64 bits per heavy atom. The van der Waals surface area contributed by atoms with Crippen LogP contribution in [0.25, 0.3) is 0 Å². The first-order valence-electron chi connectivity index (χ1n) is 8.22. The van der Waals surface area contributed by atoms with Crippen LogP contribution < -0.4 is 4.90 Å². The second kappa shape index (κ2) is 5.05. The number of aromatic nitrogens is 1. The number of piperazine rings is 1. The molecule has 2 aliphatic rings. The maximum atomic E-state index is 12.3. The van der Waals surface area contributed by atoms with Crippen molar-refractivity contribution in [2.75, 3.05) is 31.1 Å². The van der Waals surface area contributed by atoms with Crippen molar-refractivity contribution < 1.29 is 4.79 Å². The first-order valence-corrected chi connectivity index (χ1v) is 8.22. The van der Waals surface area contributed by atoms with Gasteiger partial charge >= 0.3 is 0 Å². The Kier molecular flexibility index (Phi) is 3.55. The molecule has 1 aliphatic carbocycles. The van der Waals surface area contributed by atoms with Crippen LogP contribution in [0.4, 0.5) is 5.82 Å². The van der Waals surface area contributed by atoms with Crippen LogP contribution in [0.5, 0.6) is 0 Å². The molecule has 120 valence electrons. The maximum absolute atomic E-state index is 12.3. The number of rotatable bonds is 2. The van der Waals surface area contributed by atoms with E-state index in [9.17, 15) is 4.79 Å². The zero-order valence-electron chi connectivity index (χ0n) is 14.4. The molecule has 1 aliphatic heterocycles. The fourth-order valence-corrected chi connectivity index (χ4v) is 4.73. The van der Waals surface area contributed by atoms with Crippen molar-refractivity contribution in [3.05, 3.63) is 23.9 Å². The van der Waals surface area contributed by atoms with E-state index >= 15 is 0 Å². The van der Waals surface area contributed by atoms with Gasteiger partial charge in [-0.05, 0) is 19.1 Å². The van der Waals surface area contributed by atoms with Gasteiger partial charge in [-0.3, -0.25) is 9.69 Å². The third kappa shape index (κ3) is 2.24. The number of hydrogen-bond donors (Lipinski definition) is 0. The number of nitrogens with zero attached hydrogens (tertiary/aromatic N) is 3. The molecule has 2 fully saturated rings. The van der Waals surface area contributed by atoms with E-state index in [1.54, 1.807) is 0 Å². The Balaban J connectivity index is 1.69. The van der Waals surface area contributed by atoms with Crippen LogP contribution >= 0.6 is 0 Å². The second-order valence-electron chi connectivity index (χ2n) is 7.84. The number of anilines is 1. The molecule has 4 heteroatoms. The predicted molar refractivity (Wildman–Crippen MR) is 89.1 cm³/mol. The summed E-state index contributed by atoms with van der Waals surface area (Å²) in [6.07, 6.45) is 0. The normalized spacial score (nSPS) is 25.1. The Morgan fingerprint density at radius 3 is 2.18 bits per heavy atom. The highest BCUT2D eigenvalue weighted by atomic mass is 16.1. The lowest BCUT2D eigenvalue weighted by atomic mass is 9.50. The zero-order chi connectivity index (χ0) is 16.1. The molecule has 1 saturated carbocycles. The molecule has 1 aromatic rings. The maximum Gasteiger partial charge on any atom is 0.147 e. The number of aryl methyl sites for hydroxylation is 1. The largest absolute Gasteiger partial charge is 0.354 e. The van der Waals surface area contributed by atoms with Crippen molar-refractivity contribution in [2.45, 2.75) is 40.7 Å². The molecule has 0 radical (unpaired) electrons. The third-order valence-electron chi connectivity index (χ3n) is 5.41. The van der Waals surface area contributed by atoms with E-state index in [-0.39, 0.29) is 10.8 Å². The van der Waals surface area contributed by atoms with Crippen LogP contribution in [-0.4, -0.2) is 47.9 Å². The minimum Gasteiger partial charge on any atom is -0.354 e. The van der Waals surface area contributed by atoms with Crippen molar-refractivity contribution >= 4 is 11.6 Å². The smallest absolute Gasteiger partial charge is 0.147 e. The van der Waals surface area contributed by atoms with Gasteiger partial charge in [-0.25, -0.2) is 4.98 Å². The van der Waals surface area contributed by atoms with Crippen molar-refractivity contribution in [3.8, 4) is 0 Å². The highest BCUT2D eigenvalue weighted by Crippen LogP contribution is 2.53. The molecular formula is C18H27N3O. The van der Waals surface area contributed by atoms with Gasteiger partial charge in [-0.15, -0.1) is 0 Å². The lowest BCUT2D eigenvalue weighted by Gasteiger charge is -2.60. The molecule has 0 bridgehead atoms. The molecule has 2 heterocycles. The minimum absolute atomic E-state index is 0.215. The number of carbonyl (C=O) groups is 1. The first kappa shape index (κ1) is 15.5. The van der Waals surface area contributed by atoms with Gasteiger partial charge in [0, 0.05) is 48.7 Å². The Bertz CT molecular complexity index is 568. The van der Waals surface area contributed by atoms with E-state index in [0.717, 1.165) is 37.7 Å². The summed E-state index contributed by atoms with van der Waals surface area (Å²) in [5.41, 5.74) is 0.632. The van der Waals surface area contributed by atoms with Crippen molar-refractivity contribution in [3.63, 3.8) is 0 Å². The fraction of sp³-hybridized carbons (Fsp3) is 0.667. The molecule has 0 amide bonds. The minimum atomic E-state index is -0.215. The monoisotopic (exact) mass is 301 g/mol. The van der Waals surface area contributed by atoms with E-state index in [2.05, 4.69) is 54.6 Å². The van der Waals surface area contributed by atoms with Crippen molar-refractivity contribution in [1.82, 2.24) is 9.88 Å².